The number of hydrogen-bond acceptors (Lipinski definition) is 4. The predicted octanol–water partition coefficient (Wildman–Crippen LogP) is 6.81. The molecule has 0 aliphatic carbocycles. The maximum atomic E-state index is 10.2. The van der Waals surface area contributed by atoms with Crippen molar-refractivity contribution in [2.45, 2.75) is 144 Å². The zero-order valence-corrected chi connectivity index (χ0v) is 24.8. The number of carboxylic acids is 2. The molecule has 1 atom stereocenters. The number of carbonyl (C=O) groups is 2. The third-order valence-corrected chi connectivity index (χ3v) is 8.34. The molecule has 0 amide bonds. The van der Waals surface area contributed by atoms with E-state index in [1.807, 2.05) is 0 Å². The van der Waals surface area contributed by atoms with Gasteiger partial charge in [0.1, 0.15) is 0 Å². The van der Waals surface area contributed by atoms with E-state index < -0.39 is 33.7 Å². The van der Waals surface area contributed by atoms with E-state index in [0.29, 0.717) is 0 Å². The van der Waals surface area contributed by atoms with Gasteiger partial charge in [-0.1, -0.05) is 0 Å². The number of hydrogen-bond donors (Lipinski definition) is 3. The van der Waals surface area contributed by atoms with Crippen LogP contribution in [0, 0.1) is 0 Å². The second kappa shape index (κ2) is 24.5. The molecule has 0 rings (SSSR count). The number of aliphatic carboxylic acids is 2. The molecule has 0 saturated carbocycles. The fraction of sp³-hybridized carbons (Fsp3) is 0.920. The van der Waals surface area contributed by atoms with Crippen molar-refractivity contribution in [1.82, 2.24) is 0 Å². The van der Waals surface area contributed by atoms with E-state index in [-0.39, 0.29) is 0 Å². The SMILES string of the molecule is CCCCCCCCCC[CH]([Na])CCCCCCCCCC.O=C(O)CC(C(=O)O)S(=O)(=O)O. The third-order valence-electron chi connectivity index (χ3n) is 6.10. The molecule has 0 saturated heterocycles. The van der Waals surface area contributed by atoms with Gasteiger partial charge >= 0.3 is 172 Å². The van der Waals surface area contributed by atoms with Crippen molar-refractivity contribution in [3.63, 3.8) is 0 Å². The largest absolute Gasteiger partial charge is 0.481 e. The normalized spacial score (nSPS) is 12.3. The standard InChI is InChI=1S/C21H43.C4H6O7S.Na/c1-3-5-7-9-11-13-15-17-19-21-20-18-16-14-12-10-8-6-4-2;5-3(6)1-2(4(7)8)12(9,10)11;/h21H,3-20H2,1-2H3;2H,1H2,(H,5,6)(H,7,8)(H,9,10,11);. The van der Waals surface area contributed by atoms with Gasteiger partial charge in [-0.2, -0.15) is 8.42 Å². The Balaban J connectivity index is 0. The maximum absolute atomic E-state index is 10.2. The quantitative estimate of drug-likeness (QED) is 0.0819. The summed E-state index contributed by atoms with van der Waals surface area (Å²) in [5, 5.41) is 13.9. The summed E-state index contributed by atoms with van der Waals surface area (Å²) in [6.45, 7) is 4.61. The van der Waals surface area contributed by atoms with Crippen LogP contribution < -0.4 is 0 Å². The van der Waals surface area contributed by atoms with Crippen LogP contribution in [0.3, 0.4) is 0 Å². The zero-order chi connectivity index (χ0) is 26.2. The Morgan fingerprint density at radius 3 is 1.24 bits per heavy atom. The number of carboxylic acid groups (broad SMARTS) is 2. The first kappa shape index (κ1) is 36.0. The second-order valence-electron chi connectivity index (χ2n) is 9.57. The van der Waals surface area contributed by atoms with Crippen LogP contribution in [-0.4, -0.2) is 68.3 Å². The van der Waals surface area contributed by atoms with Crippen molar-refractivity contribution in [1.29, 1.82) is 0 Å². The van der Waals surface area contributed by atoms with Crippen LogP contribution in [0.15, 0.2) is 0 Å². The summed E-state index contributed by atoms with van der Waals surface area (Å²) < 4.78 is 29.8. The molecular weight excluding hydrogens is 467 g/mol. The van der Waals surface area contributed by atoms with Gasteiger partial charge in [0.15, 0.2) is 5.25 Å². The molecule has 0 radical (unpaired) electrons. The molecule has 0 bridgehead atoms. The molecular formula is C25H49NaO7S. The van der Waals surface area contributed by atoms with Crippen molar-refractivity contribution in [3.8, 4) is 0 Å². The molecule has 0 aromatic carbocycles. The summed E-state index contributed by atoms with van der Waals surface area (Å²) >= 11 is 1.43. The Kier molecular flexibility index (Phi) is 26.0. The van der Waals surface area contributed by atoms with Crippen LogP contribution >= 0.6 is 0 Å². The van der Waals surface area contributed by atoms with Gasteiger partial charge in [0.05, 0.1) is 6.42 Å². The van der Waals surface area contributed by atoms with Crippen LogP contribution in [0.25, 0.3) is 0 Å². The second-order valence-corrected chi connectivity index (χ2v) is 12.8. The molecule has 34 heavy (non-hydrogen) atoms. The minimum atomic E-state index is -4.84. The summed E-state index contributed by atoms with van der Waals surface area (Å²) in [5.74, 6) is -3.50. The first-order valence-electron chi connectivity index (χ1n) is 13.5. The van der Waals surface area contributed by atoms with Crippen LogP contribution in [0.1, 0.15) is 136 Å². The number of unbranched alkanes of at least 4 members (excludes halogenated alkanes) is 14. The van der Waals surface area contributed by atoms with Crippen molar-refractivity contribution in [3.05, 3.63) is 0 Å². The molecule has 9 heteroatoms. The Labute approximate surface area is 226 Å². The Morgan fingerprint density at radius 1 is 0.676 bits per heavy atom. The summed E-state index contributed by atoms with van der Waals surface area (Å²) in [6, 6.07) is 0. The smallest absolute Gasteiger partial charge is 0.325 e. The van der Waals surface area contributed by atoms with Crippen LogP contribution in [0.5, 0.6) is 0 Å². The average Bonchev–Trinajstić information content (AvgIpc) is 2.75. The summed E-state index contributed by atoms with van der Waals surface area (Å²) in [5.41, 5.74) is 0. The monoisotopic (exact) mass is 516 g/mol. The van der Waals surface area contributed by atoms with Crippen molar-refractivity contribution < 1.29 is 32.8 Å². The molecule has 0 aromatic rings. The molecule has 7 nitrogen and oxygen atoms in total. The van der Waals surface area contributed by atoms with Gasteiger partial charge in [0.25, 0.3) is 10.1 Å². The molecule has 0 spiro atoms. The van der Waals surface area contributed by atoms with E-state index in [1.54, 1.807) is 0 Å². The van der Waals surface area contributed by atoms with Crippen LogP contribution in [0.2, 0.25) is 3.17 Å². The van der Waals surface area contributed by atoms with Gasteiger partial charge in [-0.3, -0.25) is 14.1 Å². The molecule has 198 valence electrons. The van der Waals surface area contributed by atoms with Gasteiger partial charge in [0.2, 0.25) is 0 Å². The zero-order valence-electron chi connectivity index (χ0n) is 22.0. The average molecular weight is 517 g/mol. The minimum Gasteiger partial charge on any atom is -0.481 e. The van der Waals surface area contributed by atoms with Crippen LogP contribution in [-0.2, 0) is 19.7 Å². The van der Waals surface area contributed by atoms with Gasteiger partial charge in [0, 0.05) is 0 Å². The fourth-order valence-corrected chi connectivity index (χ4v) is 5.30. The molecule has 0 heterocycles. The topological polar surface area (TPSA) is 129 Å². The summed E-state index contributed by atoms with van der Waals surface area (Å²) in [4.78, 5) is 20.0. The van der Waals surface area contributed by atoms with Gasteiger partial charge in [-0.05, 0) is 0 Å². The third kappa shape index (κ3) is 26.5. The van der Waals surface area contributed by atoms with E-state index in [2.05, 4.69) is 13.8 Å². The molecule has 3 N–H and O–H groups in total. The first-order chi connectivity index (χ1) is 16.1. The first-order valence-corrected chi connectivity index (χ1v) is 16.1. The molecule has 0 fully saturated rings. The van der Waals surface area contributed by atoms with Crippen LogP contribution in [0.4, 0.5) is 0 Å². The van der Waals surface area contributed by atoms with Crippen molar-refractivity contribution in [2.75, 3.05) is 0 Å². The maximum Gasteiger partial charge on any atom is 0.325 e. The fourth-order valence-electron chi connectivity index (χ4n) is 3.88. The van der Waals surface area contributed by atoms with E-state index in [9.17, 15) is 18.0 Å². The Bertz CT molecular complexity index is 576. The van der Waals surface area contributed by atoms with E-state index in [4.69, 9.17) is 14.8 Å². The van der Waals surface area contributed by atoms with Gasteiger partial charge in [-0.15, -0.1) is 0 Å². The van der Waals surface area contributed by atoms with Crippen molar-refractivity contribution >= 4 is 50.0 Å². The minimum absolute atomic E-state index is 1.11. The molecule has 0 aliphatic heterocycles. The molecule has 1 unspecified atom stereocenters. The Morgan fingerprint density at radius 2 is 1.00 bits per heavy atom. The molecule has 0 aliphatic rings. The van der Waals surface area contributed by atoms with Gasteiger partial charge < -0.3 is 10.2 Å². The van der Waals surface area contributed by atoms with E-state index in [1.165, 1.54) is 144 Å². The Hall–Kier alpha value is -0.150. The number of rotatable bonds is 22. The summed E-state index contributed by atoms with van der Waals surface area (Å²) in [7, 11) is -4.84. The van der Waals surface area contributed by atoms with Crippen molar-refractivity contribution in [2.24, 2.45) is 0 Å². The molecule has 0 aromatic heterocycles. The van der Waals surface area contributed by atoms with Gasteiger partial charge in [-0.25, -0.2) is 0 Å². The predicted molar refractivity (Wildman–Crippen MR) is 139 cm³/mol. The van der Waals surface area contributed by atoms with E-state index in [0.717, 1.165) is 3.17 Å². The summed E-state index contributed by atoms with van der Waals surface area (Å²) in [6.07, 6.45) is 25.5. The van der Waals surface area contributed by atoms with E-state index >= 15 is 0 Å².